The summed E-state index contributed by atoms with van der Waals surface area (Å²) >= 11 is 0. The molecule has 0 aliphatic carbocycles. The third kappa shape index (κ3) is 4.48. The van der Waals surface area contributed by atoms with Crippen LogP contribution < -0.4 is 10.1 Å². The molecule has 1 N–H and O–H groups in total. The van der Waals surface area contributed by atoms with Gasteiger partial charge in [0.05, 0.1) is 23.7 Å². The lowest BCUT2D eigenvalue weighted by atomic mass is 10.1. The Bertz CT molecular complexity index is 946. The molecule has 142 valence electrons. The number of imidazole rings is 1. The van der Waals surface area contributed by atoms with Gasteiger partial charge < -0.3 is 14.6 Å². The molecule has 0 aliphatic rings. The fourth-order valence-corrected chi connectivity index (χ4v) is 3.25. The summed E-state index contributed by atoms with van der Waals surface area (Å²) in [5.74, 6) is 1.72. The van der Waals surface area contributed by atoms with E-state index in [9.17, 15) is 4.79 Å². The first-order valence-electron chi connectivity index (χ1n) is 9.38. The molecule has 0 saturated carbocycles. The Morgan fingerprint density at radius 3 is 2.70 bits per heavy atom. The normalized spacial score (nSPS) is 12.1. The Balaban J connectivity index is 1.71. The van der Waals surface area contributed by atoms with Crippen LogP contribution in [0.2, 0.25) is 0 Å². The van der Waals surface area contributed by atoms with Gasteiger partial charge >= 0.3 is 0 Å². The third-order valence-corrected chi connectivity index (χ3v) is 4.76. The molecule has 0 radical (unpaired) electrons. The van der Waals surface area contributed by atoms with E-state index in [0.717, 1.165) is 35.6 Å². The van der Waals surface area contributed by atoms with Gasteiger partial charge in [-0.3, -0.25) is 4.79 Å². The summed E-state index contributed by atoms with van der Waals surface area (Å²) in [5, 5.41) is 2.93. The fraction of sp³-hybridized carbons (Fsp3) is 0.364. The number of amides is 1. The first-order valence-corrected chi connectivity index (χ1v) is 9.38. The molecule has 3 rings (SSSR count). The zero-order chi connectivity index (χ0) is 19.4. The zero-order valence-electron chi connectivity index (χ0n) is 16.5. The number of hydrogen-bond donors (Lipinski definition) is 1. The topological polar surface area (TPSA) is 56.2 Å². The first kappa shape index (κ1) is 19.0. The van der Waals surface area contributed by atoms with Crippen LogP contribution in [0, 0.1) is 13.8 Å². The average molecular weight is 365 g/mol. The Morgan fingerprint density at radius 2 is 1.96 bits per heavy atom. The first-order chi connectivity index (χ1) is 13.0. The summed E-state index contributed by atoms with van der Waals surface area (Å²) in [4.78, 5) is 16.2. The molecular formula is C22H27N3O2. The van der Waals surface area contributed by atoms with Crippen LogP contribution in [0.1, 0.15) is 43.3 Å². The standard InChI is InChI=1S/C22H27N3O2/c1-15-10-11-19(14-16(15)2)27-13-7-12-25-21-9-6-5-8-20(21)24-22(25)17(3)23-18(4)26/h5-6,8-11,14,17H,7,12-13H2,1-4H3,(H,23,26). The van der Waals surface area contributed by atoms with Gasteiger partial charge in [0.2, 0.25) is 5.91 Å². The van der Waals surface area contributed by atoms with Crippen molar-refractivity contribution < 1.29 is 9.53 Å². The maximum Gasteiger partial charge on any atom is 0.217 e. The van der Waals surface area contributed by atoms with Gasteiger partial charge in [0.25, 0.3) is 0 Å². The van der Waals surface area contributed by atoms with E-state index < -0.39 is 0 Å². The number of aryl methyl sites for hydroxylation is 3. The van der Waals surface area contributed by atoms with Crippen LogP contribution in [-0.2, 0) is 11.3 Å². The van der Waals surface area contributed by atoms with E-state index in [4.69, 9.17) is 9.72 Å². The molecule has 2 aromatic carbocycles. The van der Waals surface area contributed by atoms with Gasteiger partial charge in [-0.25, -0.2) is 4.98 Å². The molecule has 3 aromatic rings. The largest absolute Gasteiger partial charge is 0.494 e. The average Bonchev–Trinajstić information content (AvgIpc) is 3.00. The number of benzene rings is 2. The lowest BCUT2D eigenvalue weighted by Crippen LogP contribution is -2.26. The van der Waals surface area contributed by atoms with Gasteiger partial charge in [-0.05, 0) is 62.6 Å². The van der Waals surface area contributed by atoms with E-state index in [-0.39, 0.29) is 11.9 Å². The molecule has 1 atom stereocenters. The van der Waals surface area contributed by atoms with Crippen molar-refractivity contribution in [2.75, 3.05) is 6.61 Å². The number of para-hydroxylation sites is 2. The van der Waals surface area contributed by atoms with Crippen LogP contribution in [0.15, 0.2) is 42.5 Å². The van der Waals surface area contributed by atoms with Crippen molar-refractivity contribution in [2.45, 2.75) is 46.7 Å². The van der Waals surface area contributed by atoms with Crippen LogP contribution in [0.4, 0.5) is 0 Å². The van der Waals surface area contributed by atoms with Gasteiger partial charge in [-0.1, -0.05) is 18.2 Å². The molecule has 0 saturated heterocycles. The molecule has 1 unspecified atom stereocenters. The maximum atomic E-state index is 11.5. The number of fused-ring (bicyclic) bond motifs is 1. The maximum absolute atomic E-state index is 11.5. The number of rotatable bonds is 7. The van der Waals surface area contributed by atoms with Crippen molar-refractivity contribution >= 4 is 16.9 Å². The Kier molecular flexibility index (Phi) is 5.79. The molecular weight excluding hydrogens is 338 g/mol. The number of nitrogens with one attached hydrogen (secondary N) is 1. The second kappa shape index (κ2) is 8.25. The number of carbonyl (C=O) groups excluding carboxylic acids is 1. The molecule has 27 heavy (non-hydrogen) atoms. The predicted molar refractivity (Wildman–Crippen MR) is 108 cm³/mol. The van der Waals surface area contributed by atoms with E-state index in [1.54, 1.807) is 0 Å². The predicted octanol–water partition coefficient (Wildman–Crippen LogP) is 4.32. The third-order valence-electron chi connectivity index (χ3n) is 4.76. The number of nitrogens with zero attached hydrogens (tertiary/aromatic N) is 2. The van der Waals surface area contributed by atoms with Crippen molar-refractivity contribution in [3.05, 3.63) is 59.4 Å². The zero-order valence-corrected chi connectivity index (χ0v) is 16.5. The van der Waals surface area contributed by atoms with Crippen molar-refractivity contribution in [3.63, 3.8) is 0 Å². The smallest absolute Gasteiger partial charge is 0.217 e. The molecule has 1 aromatic heterocycles. The van der Waals surface area contributed by atoms with Crippen molar-refractivity contribution in [2.24, 2.45) is 0 Å². The quantitative estimate of drug-likeness (QED) is 0.635. The van der Waals surface area contributed by atoms with Crippen LogP contribution in [-0.4, -0.2) is 22.1 Å². The summed E-state index contributed by atoms with van der Waals surface area (Å²) in [6, 6.07) is 14.1. The highest BCUT2D eigenvalue weighted by Gasteiger charge is 2.17. The highest BCUT2D eigenvalue weighted by atomic mass is 16.5. The number of aromatic nitrogens is 2. The highest BCUT2D eigenvalue weighted by Crippen LogP contribution is 2.22. The number of hydrogen-bond acceptors (Lipinski definition) is 3. The highest BCUT2D eigenvalue weighted by molar-refractivity contribution is 5.77. The van der Waals surface area contributed by atoms with E-state index in [2.05, 4.69) is 41.9 Å². The summed E-state index contributed by atoms with van der Waals surface area (Å²) in [6.45, 7) is 9.09. The van der Waals surface area contributed by atoms with Crippen molar-refractivity contribution in [1.82, 2.24) is 14.9 Å². The fourth-order valence-electron chi connectivity index (χ4n) is 3.25. The second-order valence-corrected chi connectivity index (χ2v) is 6.98. The molecule has 0 bridgehead atoms. The minimum atomic E-state index is -0.143. The lowest BCUT2D eigenvalue weighted by Gasteiger charge is -2.16. The van der Waals surface area contributed by atoms with Gasteiger partial charge in [0.1, 0.15) is 11.6 Å². The van der Waals surface area contributed by atoms with Crippen molar-refractivity contribution in [1.29, 1.82) is 0 Å². The summed E-state index contributed by atoms with van der Waals surface area (Å²) in [6.07, 6.45) is 0.854. The SMILES string of the molecule is CC(=O)NC(C)c1nc2ccccc2n1CCCOc1ccc(C)c(C)c1. The molecule has 1 amide bonds. The minimum Gasteiger partial charge on any atom is -0.494 e. The van der Waals surface area contributed by atoms with E-state index >= 15 is 0 Å². The van der Waals surface area contributed by atoms with Gasteiger partial charge in [-0.15, -0.1) is 0 Å². The van der Waals surface area contributed by atoms with Crippen LogP contribution in [0.5, 0.6) is 5.75 Å². The van der Waals surface area contributed by atoms with Crippen LogP contribution in [0.25, 0.3) is 11.0 Å². The Hall–Kier alpha value is -2.82. The number of carbonyl (C=O) groups is 1. The van der Waals surface area contributed by atoms with Gasteiger partial charge in [0, 0.05) is 13.5 Å². The molecule has 0 aliphatic heterocycles. The minimum absolute atomic E-state index is 0.0563. The molecule has 0 fully saturated rings. The van der Waals surface area contributed by atoms with Gasteiger partial charge in [0.15, 0.2) is 0 Å². The van der Waals surface area contributed by atoms with Gasteiger partial charge in [-0.2, -0.15) is 0 Å². The number of ether oxygens (including phenoxy) is 1. The van der Waals surface area contributed by atoms with E-state index in [0.29, 0.717) is 6.61 Å². The second-order valence-electron chi connectivity index (χ2n) is 6.98. The molecule has 1 heterocycles. The summed E-state index contributed by atoms with van der Waals surface area (Å²) in [7, 11) is 0. The lowest BCUT2D eigenvalue weighted by molar-refractivity contribution is -0.119. The van der Waals surface area contributed by atoms with Crippen LogP contribution >= 0.6 is 0 Å². The van der Waals surface area contributed by atoms with Crippen molar-refractivity contribution in [3.8, 4) is 5.75 Å². The Morgan fingerprint density at radius 1 is 1.19 bits per heavy atom. The Labute approximate surface area is 160 Å². The van der Waals surface area contributed by atoms with E-state index in [1.165, 1.54) is 18.1 Å². The molecule has 5 heteroatoms. The van der Waals surface area contributed by atoms with E-state index in [1.807, 2.05) is 31.2 Å². The molecule has 5 nitrogen and oxygen atoms in total. The summed E-state index contributed by atoms with van der Waals surface area (Å²) < 4.78 is 8.09. The van der Waals surface area contributed by atoms with Crippen LogP contribution in [0.3, 0.4) is 0 Å². The summed E-state index contributed by atoms with van der Waals surface area (Å²) in [5.41, 5.74) is 4.53. The monoisotopic (exact) mass is 365 g/mol. The molecule has 0 spiro atoms.